The maximum atomic E-state index is 13.3. The van der Waals surface area contributed by atoms with E-state index in [9.17, 15) is 4.39 Å². The third-order valence-corrected chi connectivity index (χ3v) is 4.79. The van der Waals surface area contributed by atoms with Crippen LogP contribution >= 0.6 is 27.3 Å². The Hall–Kier alpha value is -0.720. The SMILES string of the molecule is Fc1cc(-c2cnn(C3CCCCO3)c2)sc1Br. The van der Waals surface area contributed by atoms with Crippen molar-refractivity contribution in [2.45, 2.75) is 25.5 Å². The van der Waals surface area contributed by atoms with E-state index in [2.05, 4.69) is 21.0 Å². The topological polar surface area (TPSA) is 27.1 Å². The number of rotatable bonds is 2. The van der Waals surface area contributed by atoms with Crippen molar-refractivity contribution < 1.29 is 9.13 Å². The smallest absolute Gasteiger partial charge is 0.150 e. The van der Waals surface area contributed by atoms with Crippen molar-refractivity contribution in [1.82, 2.24) is 9.78 Å². The van der Waals surface area contributed by atoms with Crippen LogP contribution in [0.3, 0.4) is 0 Å². The molecule has 1 aliphatic rings. The largest absolute Gasteiger partial charge is 0.357 e. The minimum atomic E-state index is -0.225. The first-order chi connectivity index (χ1) is 8.74. The van der Waals surface area contributed by atoms with Crippen molar-refractivity contribution >= 4 is 27.3 Å². The molecule has 1 fully saturated rings. The lowest BCUT2D eigenvalue weighted by atomic mass is 10.2. The van der Waals surface area contributed by atoms with E-state index in [1.807, 2.05) is 10.9 Å². The van der Waals surface area contributed by atoms with Crippen molar-refractivity contribution in [2.24, 2.45) is 0 Å². The molecule has 2 aromatic rings. The van der Waals surface area contributed by atoms with Gasteiger partial charge in [0.1, 0.15) is 15.8 Å². The Morgan fingerprint density at radius 2 is 2.39 bits per heavy atom. The summed E-state index contributed by atoms with van der Waals surface area (Å²) in [5.74, 6) is -0.225. The van der Waals surface area contributed by atoms with E-state index in [0.717, 1.165) is 29.9 Å². The molecule has 0 amide bonds. The Labute approximate surface area is 117 Å². The summed E-state index contributed by atoms with van der Waals surface area (Å²) < 4.78 is 21.3. The van der Waals surface area contributed by atoms with Gasteiger partial charge in [-0.1, -0.05) is 0 Å². The molecule has 0 aliphatic carbocycles. The Bertz CT molecular complexity index is 529. The molecule has 1 saturated heterocycles. The molecule has 1 unspecified atom stereocenters. The van der Waals surface area contributed by atoms with E-state index in [1.165, 1.54) is 23.8 Å². The number of hydrogen-bond acceptors (Lipinski definition) is 3. The predicted octanol–water partition coefficient (Wildman–Crippen LogP) is 4.21. The van der Waals surface area contributed by atoms with Gasteiger partial charge in [0.05, 0.1) is 6.20 Å². The highest BCUT2D eigenvalue weighted by atomic mass is 79.9. The van der Waals surface area contributed by atoms with Crippen molar-refractivity contribution in [3.8, 4) is 10.4 Å². The van der Waals surface area contributed by atoms with Gasteiger partial charge in [0.25, 0.3) is 0 Å². The van der Waals surface area contributed by atoms with Gasteiger partial charge in [-0.3, -0.25) is 0 Å². The molecule has 3 rings (SSSR count). The second-order valence-corrected chi connectivity index (χ2v) is 6.63. The zero-order chi connectivity index (χ0) is 12.5. The van der Waals surface area contributed by atoms with E-state index in [4.69, 9.17) is 4.74 Å². The van der Waals surface area contributed by atoms with Crippen LogP contribution in [0.5, 0.6) is 0 Å². The molecule has 18 heavy (non-hydrogen) atoms. The molecule has 0 aromatic carbocycles. The molecular formula is C12H12BrFN2OS. The Balaban J connectivity index is 1.84. The molecule has 96 valence electrons. The lowest BCUT2D eigenvalue weighted by Gasteiger charge is -2.22. The summed E-state index contributed by atoms with van der Waals surface area (Å²) in [5, 5.41) is 4.32. The highest BCUT2D eigenvalue weighted by molar-refractivity contribution is 9.11. The van der Waals surface area contributed by atoms with Crippen LogP contribution < -0.4 is 0 Å². The van der Waals surface area contributed by atoms with Crippen molar-refractivity contribution in [2.75, 3.05) is 6.61 Å². The van der Waals surface area contributed by atoms with Gasteiger partial charge in [0, 0.05) is 23.2 Å². The van der Waals surface area contributed by atoms with Gasteiger partial charge in [-0.2, -0.15) is 5.10 Å². The first kappa shape index (κ1) is 12.3. The van der Waals surface area contributed by atoms with Gasteiger partial charge in [0.15, 0.2) is 0 Å². The first-order valence-corrected chi connectivity index (χ1v) is 7.46. The van der Waals surface area contributed by atoms with Gasteiger partial charge in [-0.05, 0) is 41.3 Å². The number of aromatic nitrogens is 2. The van der Waals surface area contributed by atoms with Gasteiger partial charge in [-0.15, -0.1) is 11.3 Å². The first-order valence-electron chi connectivity index (χ1n) is 5.85. The van der Waals surface area contributed by atoms with Gasteiger partial charge in [0.2, 0.25) is 0 Å². The van der Waals surface area contributed by atoms with Crippen LogP contribution in [0.25, 0.3) is 10.4 Å². The predicted molar refractivity (Wildman–Crippen MR) is 72.0 cm³/mol. The minimum absolute atomic E-state index is 0.0285. The summed E-state index contributed by atoms with van der Waals surface area (Å²) >= 11 is 4.56. The fourth-order valence-electron chi connectivity index (χ4n) is 2.04. The van der Waals surface area contributed by atoms with Crippen molar-refractivity contribution in [3.05, 3.63) is 28.1 Å². The summed E-state index contributed by atoms with van der Waals surface area (Å²) in [4.78, 5) is 0.876. The van der Waals surface area contributed by atoms with Crippen LogP contribution in [0, 0.1) is 5.82 Å². The molecule has 1 aliphatic heterocycles. The van der Waals surface area contributed by atoms with E-state index in [-0.39, 0.29) is 12.0 Å². The fourth-order valence-corrected chi connectivity index (χ4v) is 3.42. The van der Waals surface area contributed by atoms with Gasteiger partial charge < -0.3 is 4.74 Å². The average molecular weight is 331 g/mol. The highest BCUT2D eigenvalue weighted by Crippen LogP contribution is 2.34. The van der Waals surface area contributed by atoms with E-state index < -0.39 is 0 Å². The lowest BCUT2D eigenvalue weighted by molar-refractivity contribution is -0.0394. The molecule has 6 heteroatoms. The number of halogens is 2. The average Bonchev–Trinajstić information content (AvgIpc) is 2.99. The van der Waals surface area contributed by atoms with Gasteiger partial charge >= 0.3 is 0 Å². The molecule has 0 radical (unpaired) electrons. The van der Waals surface area contributed by atoms with E-state index >= 15 is 0 Å². The monoisotopic (exact) mass is 330 g/mol. The molecule has 3 nitrogen and oxygen atoms in total. The molecule has 1 atom stereocenters. The Morgan fingerprint density at radius 1 is 1.50 bits per heavy atom. The summed E-state index contributed by atoms with van der Waals surface area (Å²) in [5.41, 5.74) is 0.929. The van der Waals surface area contributed by atoms with Crippen LogP contribution in [0.2, 0.25) is 0 Å². The third kappa shape index (κ3) is 2.37. The van der Waals surface area contributed by atoms with Crippen molar-refractivity contribution in [1.29, 1.82) is 0 Å². The zero-order valence-electron chi connectivity index (χ0n) is 9.60. The Kier molecular flexibility index (Phi) is 3.50. The zero-order valence-corrected chi connectivity index (χ0v) is 12.0. The normalized spacial score (nSPS) is 20.2. The number of nitrogens with zero attached hydrogens (tertiary/aromatic N) is 2. The molecule has 3 heterocycles. The summed E-state index contributed by atoms with van der Waals surface area (Å²) in [6.07, 6.45) is 6.99. The van der Waals surface area contributed by atoms with Crippen LogP contribution in [0.4, 0.5) is 4.39 Å². The van der Waals surface area contributed by atoms with E-state index in [1.54, 1.807) is 6.20 Å². The molecule has 2 aromatic heterocycles. The van der Waals surface area contributed by atoms with Crippen molar-refractivity contribution in [3.63, 3.8) is 0 Å². The lowest BCUT2D eigenvalue weighted by Crippen LogP contribution is -2.18. The maximum absolute atomic E-state index is 13.3. The second kappa shape index (κ2) is 5.11. The molecular weight excluding hydrogens is 319 g/mol. The molecule has 0 N–H and O–H groups in total. The third-order valence-electron chi connectivity index (χ3n) is 2.98. The van der Waals surface area contributed by atoms with Crippen LogP contribution in [-0.2, 0) is 4.74 Å². The summed E-state index contributed by atoms with van der Waals surface area (Å²) in [7, 11) is 0. The van der Waals surface area contributed by atoms with Crippen LogP contribution in [0.15, 0.2) is 22.2 Å². The maximum Gasteiger partial charge on any atom is 0.150 e. The standard InChI is InChI=1S/C12H12BrFN2OS/c13-12-9(14)5-10(18-12)8-6-15-16(7-8)11-3-1-2-4-17-11/h5-7,11H,1-4H2. The number of hydrogen-bond donors (Lipinski definition) is 0. The van der Waals surface area contributed by atoms with Crippen LogP contribution in [0.1, 0.15) is 25.5 Å². The molecule has 0 bridgehead atoms. The fraction of sp³-hybridized carbons (Fsp3) is 0.417. The number of ether oxygens (including phenoxy) is 1. The number of thiophene rings is 1. The van der Waals surface area contributed by atoms with Crippen LogP contribution in [-0.4, -0.2) is 16.4 Å². The molecule has 0 spiro atoms. The van der Waals surface area contributed by atoms with Gasteiger partial charge in [-0.25, -0.2) is 9.07 Å². The van der Waals surface area contributed by atoms with E-state index in [0.29, 0.717) is 3.79 Å². The molecule has 0 saturated carbocycles. The Morgan fingerprint density at radius 3 is 3.06 bits per heavy atom. The summed E-state index contributed by atoms with van der Waals surface area (Å²) in [6.45, 7) is 0.791. The summed E-state index contributed by atoms with van der Waals surface area (Å²) in [6, 6.07) is 1.53. The second-order valence-electron chi connectivity index (χ2n) is 4.26. The minimum Gasteiger partial charge on any atom is -0.357 e. The quantitative estimate of drug-likeness (QED) is 0.824. The highest BCUT2D eigenvalue weighted by Gasteiger charge is 2.17.